The van der Waals surface area contributed by atoms with Crippen LogP contribution in [0.1, 0.15) is 42.2 Å². The second kappa shape index (κ2) is 7.12. The molecule has 0 spiro atoms. The highest BCUT2D eigenvalue weighted by Crippen LogP contribution is 2.32. The van der Waals surface area contributed by atoms with Gasteiger partial charge in [0.25, 0.3) is 5.91 Å². The molecule has 27 heavy (non-hydrogen) atoms. The van der Waals surface area contributed by atoms with Crippen molar-refractivity contribution in [2.75, 3.05) is 19.6 Å². The Morgan fingerprint density at radius 2 is 2.11 bits per heavy atom. The standard InChI is InChI=1S/C21H24ClN3O2/c1-3-9-25-15-8-7-14(20(25)26)11-24(12-15)21(27)17-10-13(2)23-19-16(17)5-4-6-18(19)22/h4-6,10,14-15H,3,7-9,11-12H2,1-2H3/t14-,15+/m1/s1. The summed E-state index contributed by atoms with van der Waals surface area (Å²) in [6.45, 7) is 5.83. The van der Waals surface area contributed by atoms with Crippen molar-refractivity contribution >= 4 is 34.3 Å². The molecule has 1 aromatic carbocycles. The van der Waals surface area contributed by atoms with E-state index in [0.717, 1.165) is 36.9 Å². The maximum absolute atomic E-state index is 13.4. The molecule has 3 saturated heterocycles. The van der Waals surface area contributed by atoms with Crippen molar-refractivity contribution in [3.8, 4) is 0 Å². The van der Waals surface area contributed by atoms with Gasteiger partial charge in [0.1, 0.15) is 0 Å². The molecule has 4 heterocycles. The highest BCUT2D eigenvalue weighted by Gasteiger charge is 2.41. The molecule has 0 saturated carbocycles. The van der Waals surface area contributed by atoms with Gasteiger partial charge in [-0.1, -0.05) is 30.7 Å². The molecule has 0 unspecified atom stereocenters. The van der Waals surface area contributed by atoms with Crippen molar-refractivity contribution in [3.63, 3.8) is 0 Å². The van der Waals surface area contributed by atoms with Crippen LogP contribution in [0.15, 0.2) is 24.3 Å². The minimum absolute atomic E-state index is 0.0317. The number of nitrogens with zero attached hydrogens (tertiary/aromatic N) is 3. The van der Waals surface area contributed by atoms with E-state index in [4.69, 9.17) is 11.6 Å². The van der Waals surface area contributed by atoms with Gasteiger partial charge in [0.15, 0.2) is 0 Å². The third-order valence-corrected chi connectivity index (χ3v) is 6.00. The van der Waals surface area contributed by atoms with E-state index in [1.165, 1.54) is 0 Å². The number of hydrogen-bond donors (Lipinski definition) is 0. The van der Waals surface area contributed by atoms with Crippen molar-refractivity contribution in [2.24, 2.45) is 5.92 Å². The molecule has 1 aromatic heterocycles. The van der Waals surface area contributed by atoms with E-state index < -0.39 is 0 Å². The summed E-state index contributed by atoms with van der Waals surface area (Å²) in [5.41, 5.74) is 2.04. The molecular formula is C21H24ClN3O2. The molecule has 3 aliphatic rings. The molecule has 3 aliphatic heterocycles. The number of aryl methyl sites for hydroxylation is 1. The Morgan fingerprint density at radius 1 is 1.30 bits per heavy atom. The van der Waals surface area contributed by atoms with E-state index in [9.17, 15) is 9.59 Å². The third kappa shape index (κ3) is 3.18. The molecule has 0 N–H and O–H groups in total. The zero-order chi connectivity index (χ0) is 19.1. The van der Waals surface area contributed by atoms with Gasteiger partial charge in [0, 0.05) is 36.8 Å². The van der Waals surface area contributed by atoms with Gasteiger partial charge in [-0.3, -0.25) is 14.6 Å². The summed E-state index contributed by atoms with van der Waals surface area (Å²) in [6, 6.07) is 7.48. The summed E-state index contributed by atoms with van der Waals surface area (Å²) in [7, 11) is 0. The largest absolute Gasteiger partial charge is 0.338 e. The minimum Gasteiger partial charge on any atom is -0.338 e. The number of fused-ring (bicyclic) bond motifs is 5. The SMILES string of the molecule is CCCN1C(=O)[C@@H]2CC[C@H]1CN(C(=O)c1cc(C)nc3c(Cl)cccc13)C2. The monoisotopic (exact) mass is 385 g/mol. The maximum atomic E-state index is 13.4. The van der Waals surface area contributed by atoms with E-state index in [1.807, 2.05) is 34.9 Å². The van der Waals surface area contributed by atoms with Crippen LogP contribution >= 0.6 is 11.6 Å². The lowest BCUT2D eigenvalue weighted by atomic mass is 9.94. The molecule has 2 bridgehead atoms. The Hall–Kier alpha value is -2.14. The van der Waals surface area contributed by atoms with E-state index in [1.54, 1.807) is 6.07 Å². The van der Waals surface area contributed by atoms with Gasteiger partial charge in [-0.05, 0) is 38.3 Å². The summed E-state index contributed by atoms with van der Waals surface area (Å²) in [5, 5.41) is 1.32. The molecule has 6 heteroatoms. The van der Waals surface area contributed by atoms with Crippen LogP contribution in [0.3, 0.4) is 0 Å². The number of aromatic nitrogens is 1. The van der Waals surface area contributed by atoms with Gasteiger partial charge < -0.3 is 9.80 Å². The Bertz CT molecular complexity index is 914. The molecule has 5 nitrogen and oxygen atoms in total. The molecule has 2 aromatic rings. The summed E-state index contributed by atoms with van der Waals surface area (Å²) < 4.78 is 0. The smallest absolute Gasteiger partial charge is 0.254 e. The van der Waals surface area contributed by atoms with Crippen LogP contribution in [0, 0.1) is 12.8 Å². The Balaban J connectivity index is 1.71. The number of pyridine rings is 1. The zero-order valence-electron chi connectivity index (χ0n) is 15.7. The van der Waals surface area contributed by atoms with Crippen LogP contribution < -0.4 is 0 Å². The van der Waals surface area contributed by atoms with Crippen molar-refractivity contribution in [1.29, 1.82) is 0 Å². The highest BCUT2D eigenvalue weighted by atomic mass is 35.5. The van der Waals surface area contributed by atoms with E-state index in [2.05, 4.69) is 11.9 Å². The first-order chi connectivity index (χ1) is 13.0. The fourth-order valence-corrected chi connectivity index (χ4v) is 4.65. The summed E-state index contributed by atoms with van der Waals surface area (Å²) in [4.78, 5) is 34.6. The second-order valence-corrected chi connectivity index (χ2v) is 8.02. The average Bonchev–Trinajstić information content (AvgIpc) is 2.94. The van der Waals surface area contributed by atoms with Gasteiger partial charge in [-0.15, -0.1) is 0 Å². The quantitative estimate of drug-likeness (QED) is 0.810. The lowest BCUT2D eigenvalue weighted by molar-refractivity contribution is -0.139. The lowest BCUT2D eigenvalue weighted by Crippen LogP contribution is -2.48. The Kier molecular flexibility index (Phi) is 4.81. The van der Waals surface area contributed by atoms with Crippen molar-refractivity contribution in [3.05, 3.63) is 40.5 Å². The first kappa shape index (κ1) is 18.2. The van der Waals surface area contributed by atoms with Gasteiger partial charge in [0.05, 0.1) is 22.0 Å². The van der Waals surface area contributed by atoms with Crippen molar-refractivity contribution < 1.29 is 9.59 Å². The Labute approximate surface area is 164 Å². The van der Waals surface area contributed by atoms with Gasteiger partial charge in [-0.25, -0.2) is 0 Å². The number of rotatable bonds is 3. The molecule has 142 valence electrons. The van der Waals surface area contributed by atoms with Crippen molar-refractivity contribution in [1.82, 2.24) is 14.8 Å². The summed E-state index contributed by atoms with van der Waals surface area (Å²) in [6.07, 6.45) is 2.78. The van der Waals surface area contributed by atoms with Gasteiger partial charge in [-0.2, -0.15) is 0 Å². The average molecular weight is 386 g/mol. The molecular weight excluding hydrogens is 362 g/mol. The molecule has 0 radical (unpaired) electrons. The van der Waals surface area contributed by atoms with Crippen LogP contribution in [0.4, 0.5) is 0 Å². The van der Waals surface area contributed by atoms with Gasteiger partial charge in [0.2, 0.25) is 5.91 Å². The molecule has 3 fully saturated rings. The summed E-state index contributed by atoms with van der Waals surface area (Å²) >= 11 is 6.31. The maximum Gasteiger partial charge on any atom is 0.254 e. The summed E-state index contributed by atoms with van der Waals surface area (Å²) in [5.74, 6) is 0.0927. The number of benzene rings is 1. The Morgan fingerprint density at radius 3 is 2.89 bits per heavy atom. The normalized spacial score (nSPS) is 22.4. The van der Waals surface area contributed by atoms with E-state index >= 15 is 0 Å². The van der Waals surface area contributed by atoms with Crippen LogP contribution in [0.5, 0.6) is 0 Å². The number of carbonyl (C=O) groups excluding carboxylic acids is 2. The van der Waals surface area contributed by atoms with Crippen LogP contribution in [0.25, 0.3) is 10.9 Å². The zero-order valence-corrected chi connectivity index (χ0v) is 16.5. The molecule has 2 amide bonds. The molecule has 5 rings (SSSR count). The predicted octanol–water partition coefficient (Wildman–Crippen LogP) is 3.67. The van der Waals surface area contributed by atoms with E-state index in [-0.39, 0.29) is 23.8 Å². The minimum atomic E-state index is -0.0861. The highest BCUT2D eigenvalue weighted by molar-refractivity contribution is 6.35. The fourth-order valence-electron chi connectivity index (χ4n) is 4.43. The first-order valence-corrected chi connectivity index (χ1v) is 10.0. The second-order valence-electron chi connectivity index (χ2n) is 7.62. The number of halogens is 1. The van der Waals surface area contributed by atoms with Crippen LogP contribution in [-0.4, -0.2) is 52.3 Å². The number of para-hydroxylation sites is 1. The lowest BCUT2D eigenvalue weighted by Gasteiger charge is -2.35. The third-order valence-electron chi connectivity index (χ3n) is 5.69. The molecule has 2 atom stereocenters. The number of carbonyl (C=O) groups is 2. The van der Waals surface area contributed by atoms with Crippen molar-refractivity contribution in [2.45, 2.75) is 39.2 Å². The predicted molar refractivity (Wildman–Crippen MR) is 106 cm³/mol. The van der Waals surface area contributed by atoms with E-state index in [0.29, 0.717) is 29.2 Å². The fraction of sp³-hybridized carbons (Fsp3) is 0.476. The van der Waals surface area contributed by atoms with Crippen LogP contribution in [-0.2, 0) is 4.79 Å². The number of hydrogen-bond acceptors (Lipinski definition) is 3. The van der Waals surface area contributed by atoms with Gasteiger partial charge >= 0.3 is 0 Å². The first-order valence-electron chi connectivity index (χ1n) is 9.65. The van der Waals surface area contributed by atoms with Crippen LogP contribution in [0.2, 0.25) is 5.02 Å². The number of amides is 2. The molecule has 0 aliphatic carbocycles. The number of piperidine rings is 1. The topological polar surface area (TPSA) is 53.5 Å².